The lowest BCUT2D eigenvalue weighted by molar-refractivity contribution is 0.0954. The molecule has 2 aliphatic rings. The van der Waals surface area contributed by atoms with Crippen molar-refractivity contribution in [2.75, 3.05) is 17.4 Å². The van der Waals surface area contributed by atoms with Gasteiger partial charge < -0.3 is 5.32 Å². The molecule has 1 aliphatic heterocycles. The zero-order chi connectivity index (χ0) is 21.1. The molecule has 0 fully saturated rings. The smallest absolute Gasteiger partial charge is 0.264 e. The van der Waals surface area contributed by atoms with Crippen molar-refractivity contribution >= 4 is 33.2 Å². The highest BCUT2D eigenvalue weighted by atomic mass is 35.5. The summed E-state index contributed by atoms with van der Waals surface area (Å²) in [5.41, 5.74) is 3.50. The van der Waals surface area contributed by atoms with Crippen LogP contribution < -0.4 is 9.62 Å². The van der Waals surface area contributed by atoms with E-state index >= 15 is 0 Å². The van der Waals surface area contributed by atoms with Gasteiger partial charge in [-0.25, -0.2) is 8.42 Å². The van der Waals surface area contributed by atoms with Crippen LogP contribution in [0.15, 0.2) is 59.0 Å². The monoisotopic (exact) mass is 444 g/mol. The van der Waals surface area contributed by atoms with Crippen LogP contribution in [-0.2, 0) is 16.4 Å². The third kappa shape index (κ3) is 4.40. The molecule has 0 saturated heterocycles. The predicted octanol–water partition coefficient (Wildman–Crippen LogP) is 4.71. The summed E-state index contributed by atoms with van der Waals surface area (Å²) >= 11 is 5.88. The fourth-order valence-corrected chi connectivity index (χ4v) is 5.70. The van der Waals surface area contributed by atoms with Gasteiger partial charge in [0, 0.05) is 23.7 Å². The van der Waals surface area contributed by atoms with Gasteiger partial charge in [0.15, 0.2) is 0 Å². The average molecular weight is 445 g/mol. The molecule has 30 heavy (non-hydrogen) atoms. The number of amides is 1. The zero-order valence-corrected chi connectivity index (χ0v) is 18.3. The van der Waals surface area contributed by atoms with Crippen molar-refractivity contribution in [1.29, 1.82) is 0 Å². The van der Waals surface area contributed by atoms with Crippen LogP contribution >= 0.6 is 11.6 Å². The van der Waals surface area contributed by atoms with E-state index in [2.05, 4.69) is 11.4 Å². The van der Waals surface area contributed by atoms with Crippen molar-refractivity contribution < 1.29 is 13.2 Å². The lowest BCUT2D eigenvalue weighted by Crippen LogP contribution is -2.29. The van der Waals surface area contributed by atoms with Gasteiger partial charge in [-0.2, -0.15) is 0 Å². The summed E-state index contributed by atoms with van der Waals surface area (Å²) < 4.78 is 27.4. The Morgan fingerprint density at radius 3 is 2.60 bits per heavy atom. The largest absolute Gasteiger partial charge is 0.352 e. The van der Waals surface area contributed by atoms with E-state index in [0.29, 0.717) is 35.8 Å². The number of anilines is 1. The Labute approximate surface area is 182 Å². The highest BCUT2D eigenvalue weighted by Crippen LogP contribution is 2.34. The molecule has 1 N–H and O–H groups in total. The number of hydrogen-bond donors (Lipinski definition) is 1. The Kier molecular flexibility index (Phi) is 6.16. The van der Waals surface area contributed by atoms with Gasteiger partial charge in [-0.3, -0.25) is 9.10 Å². The molecule has 0 bridgehead atoms. The Balaban J connectivity index is 1.44. The van der Waals surface area contributed by atoms with Gasteiger partial charge in [-0.05, 0) is 86.6 Å². The summed E-state index contributed by atoms with van der Waals surface area (Å²) in [4.78, 5) is 12.8. The summed E-state index contributed by atoms with van der Waals surface area (Å²) in [6.45, 7) is 0.984. The molecule has 0 radical (unpaired) electrons. The average Bonchev–Trinajstić information content (AvgIpc) is 3.19. The SMILES string of the molecule is O=C(NCCC1=CCCCC1)c1ccc2c(c1)CCN2S(=O)(=O)c1ccc(Cl)cc1. The summed E-state index contributed by atoms with van der Waals surface area (Å²) in [7, 11) is -3.66. The van der Waals surface area contributed by atoms with Gasteiger partial charge in [0.05, 0.1) is 10.6 Å². The lowest BCUT2D eigenvalue weighted by atomic mass is 9.97. The molecule has 7 heteroatoms. The third-order valence-corrected chi connectivity index (χ3v) is 7.79. The van der Waals surface area contributed by atoms with Crippen molar-refractivity contribution in [2.24, 2.45) is 0 Å². The van der Waals surface area contributed by atoms with E-state index < -0.39 is 10.0 Å². The predicted molar refractivity (Wildman–Crippen MR) is 120 cm³/mol. The standard InChI is InChI=1S/C23H25ClN2O3S/c24-20-7-9-21(10-8-20)30(28,29)26-15-13-18-16-19(6-11-22(18)26)23(27)25-14-12-17-4-2-1-3-5-17/h4,6-11,16H,1-3,5,12-15H2,(H,25,27). The minimum atomic E-state index is -3.66. The molecule has 1 amide bonds. The van der Waals surface area contributed by atoms with Crippen molar-refractivity contribution in [3.63, 3.8) is 0 Å². The van der Waals surface area contributed by atoms with Crippen LogP contribution in [0.2, 0.25) is 5.02 Å². The summed E-state index contributed by atoms with van der Waals surface area (Å²) in [5.74, 6) is -0.117. The highest BCUT2D eigenvalue weighted by molar-refractivity contribution is 7.92. The van der Waals surface area contributed by atoms with Gasteiger partial charge in [-0.15, -0.1) is 0 Å². The van der Waals surface area contributed by atoms with E-state index in [-0.39, 0.29) is 10.8 Å². The summed E-state index contributed by atoms with van der Waals surface area (Å²) in [6.07, 6.45) is 8.53. The maximum Gasteiger partial charge on any atom is 0.264 e. The molecule has 0 unspecified atom stereocenters. The maximum absolute atomic E-state index is 13.0. The number of hydrogen-bond acceptors (Lipinski definition) is 3. The highest BCUT2D eigenvalue weighted by Gasteiger charge is 2.31. The molecule has 158 valence electrons. The van der Waals surface area contributed by atoms with Gasteiger partial charge in [0.2, 0.25) is 0 Å². The molecule has 0 saturated carbocycles. The number of fused-ring (bicyclic) bond motifs is 1. The fraction of sp³-hybridized carbons (Fsp3) is 0.348. The van der Waals surface area contributed by atoms with Gasteiger partial charge in [0.25, 0.3) is 15.9 Å². The Hall–Kier alpha value is -2.31. The summed E-state index contributed by atoms with van der Waals surface area (Å²) in [5, 5.41) is 3.48. The van der Waals surface area contributed by atoms with Crippen molar-refractivity contribution in [3.05, 3.63) is 70.3 Å². The van der Waals surface area contributed by atoms with Crippen LogP contribution in [-0.4, -0.2) is 27.4 Å². The van der Waals surface area contributed by atoms with Crippen LogP contribution in [0.1, 0.15) is 48.0 Å². The number of allylic oxidation sites excluding steroid dienone is 1. The molecule has 1 heterocycles. The fourth-order valence-electron chi connectivity index (χ4n) is 4.07. The Morgan fingerprint density at radius 2 is 1.87 bits per heavy atom. The quantitative estimate of drug-likeness (QED) is 0.656. The van der Waals surface area contributed by atoms with Crippen molar-refractivity contribution in [2.45, 2.75) is 43.4 Å². The third-order valence-electron chi connectivity index (χ3n) is 5.71. The van der Waals surface area contributed by atoms with Crippen LogP contribution in [0.5, 0.6) is 0 Å². The molecule has 0 spiro atoms. The van der Waals surface area contributed by atoms with E-state index in [1.54, 1.807) is 24.3 Å². The van der Waals surface area contributed by atoms with Gasteiger partial charge >= 0.3 is 0 Å². The minimum absolute atomic E-state index is 0.117. The first-order valence-electron chi connectivity index (χ1n) is 10.3. The first kappa shape index (κ1) is 20.9. The molecule has 1 aliphatic carbocycles. The second-order valence-corrected chi connectivity index (χ2v) is 10.0. The normalized spacial score (nSPS) is 16.2. The number of carbonyl (C=O) groups excluding carboxylic acids is 1. The molecule has 2 aromatic carbocycles. The van der Waals surface area contributed by atoms with E-state index in [1.807, 2.05) is 6.07 Å². The molecule has 0 aromatic heterocycles. The zero-order valence-electron chi connectivity index (χ0n) is 16.7. The van der Waals surface area contributed by atoms with Gasteiger partial charge in [-0.1, -0.05) is 23.3 Å². The second-order valence-electron chi connectivity index (χ2n) is 7.74. The number of nitrogens with zero attached hydrogens (tertiary/aromatic N) is 1. The number of rotatable bonds is 6. The minimum Gasteiger partial charge on any atom is -0.352 e. The van der Waals surface area contributed by atoms with Crippen LogP contribution in [0.4, 0.5) is 5.69 Å². The Bertz CT molecular complexity index is 1080. The number of nitrogens with one attached hydrogen (secondary N) is 1. The van der Waals surface area contributed by atoms with Crippen LogP contribution in [0.25, 0.3) is 0 Å². The van der Waals surface area contributed by atoms with E-state index in [4.69, 9.17) is 11.6 Å². The molecule has 2 aromatic rings. The van der Waals surface area contributed by atoms with Gasteiger partial charge in [0.1, 0.15) is 0 Å². The number of halogens is 1. The van der Waals surface area contributed by atoms with E-state index in [1.165, 1.54) is 34.9 Å². The Morgan fingerprint density at radius 1 is 1.07 bits per heavy atom. The number of benzene rings is 2. The lowest BCUT2D eigenvalue weighted by Gasteiger charge is -2.20. The molecule has 4 rings (SSSR count). The first-order valence-corrected chi connectivity index (χ1v) is 12.1. The van der Waals surface area contributed by atoms with Crippen LogP contribution in [0, 0.1) is 0 Å². The molecule has 0 atom stereocenters. The van der Waals surface area contributed by atoms with E-state index in [0.717, 1.165) is 24.8 Å². The summed E-state index contributed by atoms with van der Waals surface area (Å²) in [6, 6.07) is 11.4. The number of carbonyl (C=O) groups is 1. The molecular formula is C23H25ClN2O3S. The topological polar surface area (TPSA) is 66.5 Å². The van der Waals surface area contributed by atoms with E-state index in [9.17, 15) is 13.2 Å². The van der Waals surface area contributed by atoms with Crippen molar-refractivity contribution in [1.82, 2.24) is 5.32 Å². The second kappa shape index (κ2) is 8.82. The maximum atomic E-state index is 13.0. The number of sulfonamides is 1. The first-order chi connectivity index (χ1) is 14.4. The molecular weight excluding hydrogens is 420 g/mol. The van der Waals surface area contributed by atoms with Crippen molar-refractivity contribution in [3.8, 4) is 0 Å². The van der Waals surface area contributed by atoms with Crippen LogP contribution in [0.3, 0.4) is 0 Å². The molecule has 5 nitrogen and oxygen atoms in total.